The van der Waals surface area contributed by atoms with Gasteiger partial charge in [-0.25, -0.2) is 4.79 Å². The van der Waals surface area contributed by atoms with Crippen molar-refractivity contribution in [2.75, 3.05) is 0 Å². The van der Waals surface area contributed by atoms with Crippen molar-refractivity contribution in [1.29, 1.82) is 0 Å². The lowest BCUT2D eigenvalue weighted by Crippen LogP contribution is -2.36. The van der Waals surface area contributed by atoms with Crippen LogP contribution in [0.5, 0.6) is 0 Å². The fourth-order valence-electron chi connectivity index (χ4n) is 3.75. The standard InChI is InChI=1S/C14H21NO2/c1-13(2)10-6-7-14(3,8-10)12(13)15-17-11(16)9-4-5-9/h9-10H,4-8H2,1-3H3. The number of nitrogens with zero attached hydrogens (tertiary/aromatic N) is 1. The lowest BCUT2D eigenvalue weighted by Gasteiger charge is -2.34. The van der Waals surface area contributed by atoms with E-state index in [1.165, 1.54) is 19.3 Å². The van der Waals surface area contributed by atoms with E-state index in [0.29, 0.717) is 5.92 Å². The third-order valence-corrected chi connectivity index (χ3v) is 5.08. The highest BCUT2D eigenvalue weighted by Gasteiger charge is 2.57. The minimum absolute atomic E-state index is 0.108. The molecule has 0 aromatic carbocycles. The zero-order chi connectivity index (χ0) is 12.3. The van der Waals surface area contributed by atoms with E-state index in [2.05, 4.69) is 25.9 Å². The van der Waals surface area contributed by atoms with Crippen LogP contribution < -0.4 is 0 Å². The maximum atomic E-state index is 11.6. The molecular weight excluding hydrogens is 214 g/mol. The summed E-state index contributed by atoms with van der Waals surface area (Å²) in [7, 11) is 0. The van der Waals surface area contributed by atoms with Crippen molar-refractivity contribution in [1.82, 2.24) is 0 Å². The largest absolute Gasteiger partial charge is 0.338 e. The number of carbonyl (C=O) groups excluding carboxylic acids is 1. The van der Waals surface area contributed by atoms with Gasteiger partial charge in [0.25, 0.3) is 0 Å². The Balaban J connectivity index is 1.80. The zero-order valence-electron chi connectivity index (χ0n) is 11.0. The van der Waals surface area contributed by atoms with Crippen LogP contribution in [0.25, 0.3) is 0 Å². The number of hydrogen-bond acceptors (Lipinski definition) is 3. The molecule has 94 valence electrons. The Labute approximate surface area is 103 Å². The van der Waals surface area contributed by atoms with Gasteiger partial charge in [-0.3, -0.25) is 0 Å². The smallest absolute Gasteiger partial charge is 0.318 e. The average Bonchev–Trinajstić information content (AvgIpc) is 2.98. The number of oxime groups is 1. The molecule has 3 saturated carbocycles. The molecule has 0 N–H and O–H groups in total. The van der Waals surface area contributed by atoms with Crippen molar-refractivity contribution in [3.8, 4) is 0 Å². The number of fused-ring (bicyclic) bond motifs is 2. The van der Waals surface area contributed by atoms with E-state index in [4.69, 9.17) is 4.84 Å². The molecule has 3 fully saturated rings. The number of carbonyl (C=O) groups is 1. The highest BCUT2D eigenvalue weighted by atomic mass is 16.7. The van der Waals surface area contributed by atoms with Crippen molar-refractivity contribution in [2.24, 2.45) is 27.8 Å². The van der Waals surface area contributed by atoms with Gasteiger partial charge in [0.05, 0.1) is 11.6 Å². The molecule has 0 aromatic heterocycles. The van der Waals surface area contributed by atoms with Gasteiger partial charge < -0.3 is 4.84 Å². The van der Waals surface area contributed by atoms with E-state index in [1.807, 2.05) is 0 Å². The van der Waals surface area contributed by atoms with Gasteiger partial charge >= 0.3 is 5.97 Å². The second-order valence-electron chi connectivity index (χ2n) is 6.85. The van der Waals surface area contributed by atoms with Crippen LogP contribution >= 0.6 is 0 Å². The summed E-state index contributed by atoms with van der Waals surface area (Å²) in [6, 6.07) is 0. The van der Waals surface area contributed by atoms with Crippen LogP contribution in [0.2, 0.25) is 0 Å². The Morgan fingerprint density at radius 1 is 1.29 bits per heavy atom. The van der Waals surface area contributed by atoms with E-state index < -0.39 is 0 Å². The summed E-state index contributed by atoms with van der Waals surface area (Å²) >= 11 is 0. The van der Waals surface area contributed by atoms with Crippen molar-refractivity contribution in [3.05, 3.63) is 0 Å². The van der Waals surface area contributed by atoms with E-state index in [1.54, 1.807) is 0 Å². The summed E-state index contributed by atoms with van der Waals surface area (Å²) in [5, 5.41) is 4.26. The number of hydrogen-bond donors (Lipinski definition) is 0. The van der Waals surface area contributed by atoms with Gasteiger partial charge in [-0.2, -0.15) is 0 Å². The maximum Gasteiger partial charge on any atom is 0.338 e. The van der Waals surface area contributed by atoms with Crippen molar-refractivity contribution >= 4 is 11.7 Å². The fraction of sp³-hybridized carbons (Fsp3) is 0.857. The van der Waals surface area contributed by atoms with Crippen molar-refractivity contribution in [2.45, 2.75) is 52.9 Å². The predicted octanol–water partition coefficient (Wildman–Crippen LogP) is 3.14. The Morgan fingerprint density at radius 3 is 2.53 bits per heavy atom. The van der Waals surface area contributed by atoms with Crippen LogP contribution in [0.3, 0.4) is 0 Å². The van der Waals surface area contributed by atoms with Gasteiger partial charge in [0.2, 0.25) is 0 Å². The molecule has 2 bridgehead atoms. The summed E-state index contributed by atoms with van der Waals surface area (Å²) < 4.78 is 0. The van der Waals surface area contributed by atoms with Crippen LogP contribution in [-0.2, 0) is 9.63 Å². The van der Waals surface area contributed by atoms with Gasteiger partial charge in [-0.05, 0) is 38.0 Å². The van der Waals surface area contributed by atoms with Gasteiger partial charge in [0.15, 0.2) is 0 Å². The van der Waals surface area contributed by atoms with Gasteiger partial charge in [-0.15, -0.1) is 0 Å². The molecule has 0 radical (unpaired) electrons. The van der Waals surface area contributed by atoms with Crippen molar-refractivity contribution < 1.29 is 9.63 Å². The molecule has 2 unspecified atom stereocenters. The normalized spacial score (nSPS) is 40.9. The van der Waals surface area contributed by atoms with E-state index >= 15 is 0 Å². The molecule has 0 amide bonds. The molecule has 3 heteroatoms. The molecule has 3 nitrogen and oxygen atoms in total. The van der Waals surface area contributed by atoms with Crippen LogP contribution in [0.15, 0.2) is 5.16 Å². The fourth-order valence-corrected chi connectivity index (χ4v) is 3.75. The quantitative estimate of drug-likeness (QED) is 0.545. The second kappa shape index (κ2) is 3.33. The highest BCUT2D eigenvalue weighted by Crippen LogP contribution is 2.60. The zero-order valence-corrected chi connectivity index (χ0v) is 11.0. The Kier molecular flexibility index (Phi) is 2.20. The molecule has 2 atom stereocenters. The topological polar surface area (TPSA) is 38.7 Å². The van der Waals surface area contributed by atoms with E-state index in [0.717, 1.165) is 18.6 Å². The highest BCUT2D eigenvalue weighted by molar-refractivity contribution is 5.97. The van der Waals surface area contributed by atoms with Gasteiger partial charge in [0.1, 0.15) is 0 Å². The Hall–Kier alpha value is -0.860. The first-order valence-corrected chi connectivity index (χ1v) is 6.73. The Morgan fingerprint density at radius 2 is 2.00 bits per heavy atom. The average molecular weight is 235 g/mol. The van der Waals surface area contributed by atoms with Gasteiger partial charge in [0, 0.05) is 10.8 Å². The maximum absolute atomic E-state index is 11.6. The summed E-state index contributed by atoms with van der Waals surface area (Å²) in [4.78, 5) is 16.7. The van der Waals surface area contributed by atoms with Crippen LogP contribution in [-0.4, -0.2) is 11.7 Å². The second-order valence-corrected chi connectivity index (χ2v) is 6.85. The SMILES string of the molecule is CC12CCC(C1)C(C)(C)C2=NOC(=O)C1CC1. The Bertz CT molecular complexity index is 388. The third-order valence-electron chi connectivity index (χ3n) is 5.08. The minimum Gasteiger partial charge on any atom is -0.318 e. The first kappa shape index (κ1) is 11.2. The van der Waals surface area contributed by atoms with Gasteiger partial charge in [-0.1, -0.05) is 25.9 Å². The molecular formula is C14H21NO2. The summed E-state index contributed by atoms with van der Waals surface area (Å²) in [5.74, 6) is 0.722. The summed E-state index contributed by atoms with van der Waals surface area (Å²) in [5.41, 5.74) is 1.41. The lowest BCUT2D eigenvalue weighted by atomic mass is 9.71. The molecule has 0 aromatic rings. The molecule has 3 aliphatic rings. The molecule has 0 saturated heterocycles. The monoisotopic (exact) mass is 235 g/mol. The molecule has 0 aliphatic heterocycles. The molecule has 17 heavy (non-hydrogen) atoms. The van der Waals surface area contributed by atoms with E-state index in [-0.39, 0.29) is 22.7 Å². The molecule has 3 aliphatic carbocycles. The first-order chi connectivity index (χ1) is 7.93. The van der Waals surface area contributed by atoms with Crippen molar-refractivity contribution in [3.63, 3.8) is 0 Å². The number of rotatable bonds is 2. The predicted molar refractivity (Wildman–Crippen MR) is 65.5 cm³/mol. The van der Waals surface area contributed by atoms with Crippen LogP contribution in [0.1, 0.15) is 52.9 Å². The van der Waals surface area contributed by atoms with Crippen LogP contribution in [0.4, 0.5) is 0 Å². The molecule has 3 rings (SSSR count). The lowest BCUT2D eigenvalue weighted by molar-refractivity contribution is -0.145. The molecule has 0 heterocycles. The minimum atomic E-state index is -0.125. The first-order valence-electron chi connectivity index (χ1n) is 6.73. The molecule has 0 spiro atoms. The third kappa shape index (κ3) is 1.62. The summed E-state index contributed by atoms with van der Waals surface area (Å²) in [6.07, 6.45) is 5.65. The van der Waals surface area contributed by atoms with E-state index in [9.17, 15) is 4.79 Å². The van der Waals surface area contributed by atoms with Crippen LogP contribution in [0, 0.1) is 22.7 Å². The summed E-state index contributed by atoms with van der Waals surface area (Å²) in [6.45, 7) is 6.75.